The topological polar surface area (TPSA) is 93.5 Å². The van der Waals surface area contributed by atoms with E-state index in [1.807, 2.05) is 13.0 Å². The zero-order valence-electron chi connectivity index (χ0n) is 17.5. The van der Waals surface area contributed by atoms with Gasteiger partial charge in [-0.25, -0.2) is 8.42 Å². The Kier molecular flexibility index (Phi) is 5.99. The number of sulfonamides is 1. The number of hydrogen-bond donors (Lipinski definition) is 1. The van der Waals surface area contributed by atoms with E-state index in [9.17, 15) is 13.2 Å². The summed E-state index contributed by atoms with van der Waals surface area (Å²) in [5.41, 5.74) is 1.72. The SMILES string of the molecule is Cc1ccc(S(=O)(=O)N(CC(=O)N[C@H]2CN3CCC2CC3)c2ccc(C#N)cc2)cc1. The minimum Gasteiger partial charge on any atom is -0.350 e. The summed E-state index contributed by atoms with van der Waals surface area (Å²) in [5, 5.41) is 12.1. The highest BCUT2D eigenvalue weighted by atomic mass is 32.2. The van der Waals surface area contributed by atoms with E-state index in [1.165, 1.54) is 0 Å². The summed E-state index contributed by atoms with van der Waals surface area (Å²) in [6, 6.07) is 14.9. The zero-order valence-corrected chi connectivity index (χ0v) is 18.3. The first-order chi connectivity index (χ1) is 14.9. The molecule has 2 bridgehead atoms. The lowest BCUT2D eigenvalue weighted by Crippen LogP contribution is -2.58. The maximum absolute atomic E-state index is 13.4. The van der Waals surface area contributed by atoms with E-state index in [4.69, 9.17) is 5.26 Å². The second-order valence-corrected chi connectivity index (χ2v) is 10.2. The maximum atomic E-state index is 13.4. The lowest BCUT2D eigenvalue weighted by molar-refractivity contribution is -0.121. The third-order valence-electron chi connectivity index (χ3n) is 6.18. The fourth-order valence-corrected chi connectivity index (χ4v) is 5.79. The molecule has 0 saturated carbocycles. The normalized spacial score (nSPS) is 22.5. The van der Waals surface area contributed by atoms with Crippen molar-refractivity contribution in [2.75, 3.05) is 30.5 Å². The van der Waals surface area contributed by atoms with E-state index in [0.717, 1.165) is 42.3 Å². The van der Waals surface area contributed by atoms with Gasteiger partial charge in [-0.3, -0.25) is 9.10 Å². The minimum atomic E-state index is -3.96. The average Bonchev–Trinajstić information content (AvgIpc) is 2.78. The second kappa shape index (κ2) is 8.69. The van der Waals surface area contributed by atoms with Gasteiger partial charge in [-0.2, -0.15) is 5.26 Å². The third kappa shape index (κ3) is 4.58. The molecular formula is C23H26N4O3S. The number of anilines is 1. The average molecular weight is 439 g/mol. The molecule has 5 rings (SSSR count). The Morgan fingerprint density at radius 2 is 1.77 bits per heavy atom. The molecule has 0 radical (unpaired) electrons. The molecule has 1 atom stereocenters. The highest BCUT2D eigenvalue weighted by molar-refractivity contribution is 7.92. The van der Waals surface area contributed by atoms with Crippen LogP contribution in [0, 0.1) is 24.2 Å². The summed E-state index contributed by atoms with van der Waals surface area (Å²) in [7, 11) is -3.96. The van der Waals surface area contributed by atoms with Crippen LogP contribution in [-0.2, 0) is 14.8 Å². The van der Waals surface area contributed by atoms with Crippen LogP contribution in [0.3, 0.4) is 0 Å². The van der Waals surface area contributed by atoms with Crippen LogP contribution in [0.25, 0.3) is 0 Å². The first-order valence-electron chi connectivity index (χ1n) is 10.5. The van der Waals surface area contributed by atoms with Gasteiger partial charge in [-0.1, -0.05) is 17.7 Å². The van der Waals surface area contributed by atoms with Crippen LogP contribution in [0.4, 0.5) is 5.69 Å². The number of aryl methyl sites for hydroxylation is 1. The molecule has 1 N–H and O–H groups in total. The number of carbonyl (C=O) groups is 1. The molecule has 3 saturated heterocycles. The van der Waals surface area contributed by atoms with E-state index in [0.29, 0.717) is 17.2 Å². The summed E-state index contributed by atoms with van der Waals surface area (Å²) in [6.07, 6.45) is 2.12. The number of carbonyl (C=O) groups excluding carboxylic acids is 1. The standard InChI is InChI=1S/C23H26N4O3S/c1-17-2-8-21(9-3-17)31(29,30)27(20-6-4-18(14-24)5-7-20)16-23(28)25-22-15-26-12-10-19(22)11-13-26/h2-9,19,22H,10-13,15-16H2,1H3,(H,25,28)/t22-/m0/s1. The van der Waals surface area contributed by atoms with Crippen molar-refractivity contribution in [2.45, 2.75) is 30.7 Å². The van der Waals surface area contributed by atoms with Crippen molar-refractivity contribution in [1.82, 2.24) is 10.2 Å². The van der Waals surface area contributed by atoms with E-state index in [1.54, 1.807) is 48.5 Å². The van der Waals surface area contributed by atoms with Crippen LogP contribution in [0.2, 0.25) is 0 Å². The number of hydrogen-bond acceptors (Lipinski definition) is 5. The number of rotatable bonds is 6. The van der Waals surface area contributed by atoms with Gasteiger partial charge in [0.2, 0.25) is 5.91 Å². The number of amides is 1. The van der Waals surface area contributed by atoms with Crippen molar-refractivity contribution in [2.24, 2.45) is 5.92 Å². The van der Waals surface area contributed by atoms with Crippen molar-refractivity contribution in [3.63, 3.8) is 0 Å². The Balaban J connectivity index is 1.59. The molecule has 7 nitrogen and oxygen atoms in total. The van der Waals surface area contributed by atoms with E-state index in [2.05, 4.69) is 10.2 Å². The fraction of sp³-hybridized carbons (Fsp3) is 0.391. The molecule has 0 unspecified atom stereocenters. The molecular weight excluding hydrogens is 412 g/mol. The number of benzene rings is 2. The van der Waals surface area contributed by atoms with Gasteiger partial charge >= 0.3 is 0 Å². The number of fused-ring (bicyclic) bond motifs is 3. The van der Waals surface area contributed by atoms with Crippen molar-refractivity contribution >= 4 is 21.6 Å². The molecule has 3 aliphatic heterocycles. The van der Waals surface area contributed by atoms with Gasteiger partial charge in [0, 0.05) is 12.6 Å². The van der Waals surface area contributed by atoms with Crippen LogP contribution >= 0.6 is 0 Å². The van der Waals surface area contributed by atoms with Crippen LogP contribution < -0.4 is 9.62 Å². The quantitative estimate of drug-likeness (QED) is 0.747. The molecule has 162 valence electrons. The van der Waals surface area contributed by atoms with Crippen LogP contribution in [0.15, 0.2) is 53.4 Å². The summed E-state index contributed by atoms with van der Waals surface area (Å²) in [5.74, 6) is 0.129. The summed E-state index contributed by atoms with van der Waals surface area (Å²) >= 11 is 0. The van der Waals surface area contributed by atoms with Crippen molar-refractivity contribution in [1.29, 1.82) is 5.26 Å². The van der Waals surface area contributed by atoms with Crippen molar-refractivity contribution in [3.05, 3.63) is 59.7 Å². The number of nitriles is 1. The Labute approximate surface area is 183 Å². The highest BCUT2D eigenvalue weighted by Crippen LogP contribution is 2.28. The molecule has 0 aliphatic carbocycles. The Morgan fingerprint density at radius 1 is 1.13 bits per heavy atom. The van der Waals surface area contributed by atoms with E-state index < -0.39 is 10.0 Å². The summed E-state index contributed by atoms with van der Waals surface area (Å²) < 4.78 is 28.0. The van der Waals surface area contributed by atoms with Crippen molar-refractivity contribution < 1.29 is 13.2 Å². The number of nitrogens with zero attached hydrogens (tertiary/aromatic N) is 3. The van der Waals surface area contributed by atoms with Crippen LogP contribution in [0.1, 0.15) is 24.0 Å². The predicted molar refractivity (Wildman–Crippen MR) is 118 cm³/mol. The van der Waals surface area contributed by atoms with Crippen molar-refractivity contribution in [3.8, 4) is 6.07 Å². The lowest BCUT2D eigenvalue weighted by atomic mass is 9.84. The first kappa shape index (κ1) is 21.3. The van der Waals surface area contributed by atoms with Gasteiger partial charge in [0.15, 0.2) is 0 Å². The molecule has 8 heteroatoms. The van der Waals surface area contributed by atoms with Gasteiger partial charge in [0.05, 0.1) is 22.2 Å². The van der Waals surface area contributed by atoms with Gasteiger partial charge in [0.1, 0.15) is 6.54 Å². The van der Waals surface area contributed by atoms with Gasteiger partial charge < -0.3 is 10.2 Å². The van der Waals surface area contributed by atoms with Crippen LogP contribution in [0.5, 0.6) is 0 Å². The highest BCUT2D eigenvalue weighted by Gasteiger charge is 2.36. The molecule has 3 fully saturated rings. The molecule has 3 heterocycles. The van der Waals surface area contributed by atoms with E-state index >= 15 is 0 Å². The van der Waals surface area contributed by atoms with Gasteiger partial charge in [-0.05, 0) is 75.2 Å². The second-order valence-electron chi connectivity index (χ2n) is 8.30. The molecule has 1 amide bonds. The fourth-order valence-electron chi connectivity index (χ4n) is 4.37. The Bertz CT molecular complexity index is 1080. The zero-order chi connectivity index (χ0) is 22.0. The van der Waals surface area contributed by atoms with E-state index in [-0.39, 0.29) is 23.4 Å². The summed E-state index contributed by atoms with van der Waals surface area (Å²) in [6.45, 7) is 4.52. The first-order valence-corrected chi connectivity index (χ1v) is 11.9. The maximum Gasteiger partial charge on any atom is 0.264 e. The third-order valence-corrected chi connectivity index (χ3v) is 7.97. The molecule has 31 heavy (non-hydrogen) atoms. The minimum absolute atomic E-state index is 0.0555. The predicted octanol–water partition coefficient (Wildman–Crippen LogP) is 2.27. The lowest BCUT2D eigenvalue weighted by Gasteiger charge is -2.45. The molecule has 0 aromatic heterocycles. The Hall–Kier alpha value is -2.89. The molecule has 2 aromatic rings. The molecule has 2 aromatic carbocycles. The molecule has 0 spiro atoms. The number of nitrogens with one attached hydrogen (secondary N) is 1. The largest absolute Gasteiger partial charge is 0.350 e. The number of piperidine rings is 3. The monoisotopic (exact) mass is 438 g/mol. The van der Waals surface area contributed by atoms with Gasteiger partial charge in [0.25, 0.3) is 10.0 Å². The molecule has 3 aliphatic rings. The smallest absolute Gasteiger partial charge is 0.264 e. The Morgan fingerprint density at radius 3 is 2.32 bits per heavy atom. The van der Waals surface area contributed by atoms with Crippen LogP contribution in [-0.4, -0.2) is 51.4 Å². The summed E-state index contributed by atoms with van der Waals surface area (Å²) in [4.78, 5) is 15.4. The van der Waals surface area contributed by atoms with Gasteiger partial charge in [-0.15, -0.1) is 0 Å².